The lowest BCUT2D eigenvalue weighted by Crippen LogP contribution is -2.15. The maximum atomic E-state index is 12.7. The minimum atomic E-state index is -3.76. The van der Waals surface area contributed by atoms with Crippen molar-refractivity contribution >= 4 is 27.3 Å². The third-order valence-electron chi connectivity index (χ3n) is 4.74. The van der Waals surface area contributed by atoms with Crippen molar-refractivity contribution in [1.82, 2.24) is 0 Å². The lowest BCUT2D eigenvalue weighted by atomic mass is 10.1. The van der Waals surface area contributed by atoms with Crippen LogP contribution in [0.3, 0.4) is 0 Å². The Hall–Kier alpha value is -3.32. The largest absolute Gasteiger partial charge is 0.497 e. The number of carbonyl (C=O) groups excluding carboxylic acids is 1. The van der Waals surface area contributed by atoms with E-state index in [0.717, 1.165) is 16.8 Å². The van der Waals surface area contributed by atoms with Crippen LogP contribution in [0.15, 0.2) is 65.6 Å². The molecule has 3 rings (SSSR count). The Bertz CT molecular complexity index is 1190. The Morgan fingerprint density at radius 3 is 2.17 bits per heavy atom. The SMILES string of the molecule is COc1ccc(S(=O)(=O)Nc2ccc(C(=O)Nc3cc(C)ccc3C)cc2C)cc1. The highest BCUT2D eigenvalue weighted by molar-refractivity contribution is 7.92. The number of sulfonamides is 1. The van der Waals surface area contributed by atoms with Crippen molar-refractivity contribution < 1.29 is 17.9 Å². The van der Waals surface area contributed by atoms with Crippen molar-refractivity contribution in [2.45, 2.75) is 25.7 Å². The molecule has 0 saturated heterocycles. The van der Waals surface area contributed by atoms with Crippen LogP contribution < -0.4 is 14.8 Å². The average Bonchev–Trinajstić information content (AvgIpc) is 2.72. The van der Waals surface area contributed by atoms with Gasteiger partial charge < -0.3 is 10.1 Å². The number of nitrogens with one attached hydrogen (secondary N) is 2. The maximum absolute atomic E-state index is 12.7. The number of carbonyl (C=O) groups is 1. The zero-order valence-corrected chi connectivity index (χ0v) is 18.1. The summed E-state index contributed by atoms with van der Waals surface area (Å²) in [5.74, 6) is 0.320. The van der Waals surface area contributed by atoms with E-state index < -0.39 is 10.0 Å². The van der Waals surface area contributed by atoms with Crippen molar-refractivity contribution in [3.05, 3.63) is 82.9 Å². The highest BCUT2D eigenvalue weighted by Gasteiger charge is 2.16. The molecule has 3 aromatic rings. The Labute approximate surface area is 177 Å². The number of amides is 1. The summed E-state index contributed by atoms with van der Waals surface area (Å²) in [4.78, 5) is 12.8. The quantitative estimate of drug-likeness (QED) is 0.602. The van der Waals surface area contributed by atoms with E-state index in [1.54, 1.807) is 37.3 Å². The van der Waals surface area contributed by atoms with Gasteiger partial charge in [-0.2, -0.15) is 0 Å². The number of benzene rings is 3. The van der Waals surface area contributed by atoms with E-state index in [2.05, 4.69) is 10.0 Å². The molecule has 0 bridgehead atoms. The summed E-state index contributed by atoms with van der Waals surface area (Å²) in [6.07, 6.45) is 0. The van der Waals surface area contributed by atoms with E-state index in [0.29, 0.717) is 22.6 Å². The smallest absolute Gasteiger partial charge is 0.261 e. The second-order valence-corrected chi connectivity index (χ2v) is 8.77. The van der Waals surface area contributed by atoms with Crippen LogP contribution in [0.2, 0.25) is 0 Å². The third kappa shape index (κ3) is 4.80. The predicted molar refractivity (Wildman–Crippen MR) is 119 cm³/mol. The molecule has 3 aromatic carbocycles. The number of aryl methyl sites for hydroxylation is 3. The second kappa shape index (κ2) is 8.59. The highest BCUT2D eigenvalue weighted by Crippen LogP contribution is 2.23. The van der Waals surface area contributed by atoms with Crippen molar-refractivity contribution in [3.8, 4) is 5.75 Å². The van der Waals surface area contributed by atoms with Crippen molar-refractivity contribution in [1.29, 1.82) is 0 Å². The van der Waals surface area contributed by atoms with Gasteiger partial charge in [-0.1, -0.05) is 12.1 Å². The Morgan fingerprint density at radius 1 is 0.833 bits per heavy atom. The van der Waals surface area contributed by atoms with Crippen LogP contribution in [0, 0.1) is 20.8 Å². The lowest BCUT2D eigenvalue weighted by molar-refractivity contribution is 0.102. The fourth-order valence-corrected chi connectivity index (χ4v) is 4.07. The van der Waals surface area contributed by atoms with Crippen molar-refractivity contribution in [2.75, 3.05) is 17.1 Å². The van der Waals surface area contributed by atoms with Crippen LogP contribution in [0.1, 0.15) is 27.0 Å². The summed E-state index contributed by atoms with van der Waals surface area (Å²) in [6, 6.07) is 16.8. The van der Waals surface area contributed by atoms with Gasteiger partial charge >= 0.3 is 0 Å². The molecule has 0 aliphatic heterocycles. The van der Waals surface area contributed by atoms with Gasteiger partial charge in [-0.15, -0.1) is 0 Å². The lowest BCUT2D eigenvalue weighted by Gasteiger charge is -2.13. The predicted octanol–water partition coefficient (Wildman–Crippen LogP) is 4.67. The van der Waals surface area contributed by atoms with Crippen LogP contribution in [0.5, 0.6) is 5.75 Å². The Kier molecular flexibility index (Phi) is 6.12. The number of methoxy groups -OCH3 is 1. The van der Waals surface area contributed by atoms with Gasteiger partial charge in [0.2, 0.25) is 0 Å². The van der Waals surface area contributed by atoms with Gasteiger partial charge in [-0.3, -0.25) is 9.52 Å². The summed E-state index contributed by atoms with van der Waals surface area (Å²) < 4.78 is 32.9. The molecule has 156 valence electrons. The normalized spacial score (nSPS) is 11.1. The van der Waals surface area contributed by atoms with Crippen molar-refractivity contribution in [2.24, 2.45) is 0 Å². The standard InChI is InChI=1S/C23H24N2O4S/c1-15-5-6-16(2)22(13-15)24-23(26)18-7-12-21(17(3)14-18)25-30(27,28)20-10-8-19(29-4)9-11-20/h5-14,25H,1-4H3,(H,24,26). The number of hydrogen-bond donors (Lipinski definition) is 2. The molecular weight excluding hydrogens is 400 g/mol. The van der Waals surface area contributed by atoms with E-state index in [9.17, 15) is 13.2 Å². The van der Waals surface area contributed by atoms with Crippen LogP contribution in [0.25, 0.3) is 0 Å². The van der Waals surface area contributed by atoms with Gasteiger partial charge in [0.25, 0.3) is 15.9 Å². The fraction of sp³-hybridized carbons (Fsp3) is 0.174. The molecule has 0 radical (unpaired) electrons. The van der Waals surface area contributed by atoms with Crippen LogP contribution >= 0.6 is 0 Å². The molecule has 0 spiro atoms. The molecule has 2 N–H and O–H groups in total. The van der Waals surface area contributed by atoms with Crippen LogP contribution in [0.4, 0.5) is 11.4 Å². The van der Waals surface area contributed by atoms with E-state index in [4.69, 9.17) is 4.74 Å². The molecule has 0 atom stereocenters. The monoisotopic (exact) mass is 424 g/mol. The molecule has 30 heavy (non-hydrogen) atoms. The highest BCUT2D eigenvalue weighted by atomic mass is 32.2. The first-order valence-corrected chi connectivity index (χ1v) is 10.8. The number of hydrogen-bond acceptors (Lipinski definition) is 4. The first-order valence-electron chi connectivity index (χ1n) is 9.36. The number of anilines is 2. The molecular formula is C23H24N2O4S. The van der Waals surface area contributed by atoms with Gasteiger partial charge in [-0.25, -0.2) is 8.42 Å². The molecule has 0 aliphatic rings. The number of rotatable bonds is 6. The summed E-state index contributed by atoms with van der Waals surface area (Å²) in [5.41, 5.74) is 4.27. The molecule has 1 amide bonds. The first-order chi connectivity index (χ1) is 14.2. The maximum Gasteiger partial charge on any atom is 0.261 e. The topological polar surface area (TPSA) is 84.5 Å². The van der Waals surface area contributed by atoms with Gasteiger partial charge in [-0.05, 0) is 86.0 Å². The zero-order chi connectivity index (χ0) is 21.9. The molecule has 0 heterocycles. The molecule has 6 nitrogen and oxygen atoms in total. The Balaban J connectivity index is 1.79. The first kappa shape index (κ1) is 21.4. The van der Waals surface area contributed by atoms with E-state index in [1.165, 1.54) is 19.2 Å². The van der Waals surface area contributed by atoms with Gasteiger partial charge in [0.05, 0.1) is 17.7 Å². The van der Waals surface area contributed by atoms with E-state index in [-0.39, 0.29) is 10.8 Å². The van der Waals surface area contributed by atoms with Gasteiger partial charge in [0, 0.05) is 11.3 Å². The summed E-state index contributed by atoms with van der Waals surface area (Å²) >= 11 is 0. The molecule has 0 saturated carbocycles. The fourth-order valence-electron chi connectivity index (χ4n) is 2.94. The molecule has 0 unspecified atom stereocenters. The molecule has 0 aliphatic carbocycles. The van der Waals surface area contributed by atoms with Crippen LogP contribution in [-0.4, -0.2) is 21.4 Å². The Morgan fingerprint density at radius 2 is 1.53 bits per heavy atom. The molecule has 7 heteroatoms. The molecule has 0 aromatic heterocycles. The minimum Gasteiger partial charge on any atom is -0.497 e. The van der Waals surface area contributed by atoms with Crippen LogP contribution in [-0.2, 0) is 10.0 Å². The average molecular weight is 425 g/mol. The zero-order valence-electron chi connectivity index (χ0n) is 17.3. The third-order valence-corrected chi connectivity index (χ3v) is 6.13. The summed E-state index contributed by atoms with van der Waals surface area (Å²) in [5, 5.41) is 2.91. The van der Waals surface area contributed by atoms with E-state index in [1.807, 2.05) is 32.0 Å². The van der Waals surface area contributed by atoms with E-state index >= 15 is 0 Å². The summed E-state index contributed by atoms with van der Waals surface area (Å²) in [6.45, 7) is 5.64. The second-order valence-electron chi connectivity index (χ2n) is 7.08. The van der Waals surface area contributed by atoms with Gasteiger partial charge in [0.15, 0.2) is 0 Å². The van der Waals surface area contributed by atoms with Crippen molar-refractivity contribution in [3.63, 3.8) is 0 Å². The number of ether oxygens (including phenoxy) is 1. The van der Waals surface area contributed by atoms with Gasteiger partial charge in [0.1, 0.15) is 5.75 Å². The minimum absolute atomic E-state index is 0.124. The molecule has 0 fully saturated rings. The summed E-state index contributed by atoms with van der Waals surface area (Å²) in [7, 11) is -2.24.